The van der Waals surface area contributed by atoms with Gasteiger partial charge in [-0.2, -0.15) is 5.10 Å². The first kappa shape index (κ1) is 17.2. The average molecular weight is 364 g/mol. The zero-order valence-electron chi connectivity index (χ0n) is 15.7. The van der Waals surface area contributed by atoms with E-state index in [1.54, 1.807) is 36.1 Å². The summed E-state index contributed by atoms with van der Waals surface area (Å²) >= 11 is 0. The molecule has 138 valence electrons. The molecule has 3 aromatic rings. The largest absolute Gasteiger partial charge is 0.426 e. The lowest BCUT2D eigenvalue weighted by Crippen LogP contribution is -2.26. The minimum atomic E-state index is -0.744. The number of hydrogen-bond donors (Lipinski definition) is 0. The van der Waals surface area contributed by atoms with Crippen LogP contribution in [0, 0.1) is 0 Å². The second-order valence-corrected chi connectivity index (χ2v) is 7.48. The summed E-state index contributed by atoms with van der Waals surface area (Å²) in [7, 11) is 3.45. The zero-order valence-corrected chi connectivity index (χ0v) is 15.7. The van der Waals surface area contributed by atoms with E-state index in [9.17, 15) is 9.59 Å². The molecule has 0 unspecified atom stereocenters. The Morgan fingerprint density at radius 2 is 2.04 bits per heavy atom. The van der Waals surface area contributed by atoms with E-state index in [0.717, 1.165) is 21.9 Å². The Bertz CT molecular complexity index is 1070. The highest BCUT2D eigenvalue weighted by Gasteiger charge is 2.42. The first-order valence-corrected chi connectivity index (χ1v) is 8.65. The van der Waals surface area contributed by atoms with Gasteiger partial charge in [0.1, 0.15) is 18.4 Å². The molecule has 0 spiro atoms. The minimum Gasteiger partial charge on any atom is -0.426 e. The Labute approximate surface area is 156 Å². The molecule has 2 aromatic carbocycles. The van der Waals surface area contributed by atoms with Crippen LogP contribution in [-0.2, 0) is 16.8 Å². The molecule has 0 fully saturated rings. The number of nitrogens with zero attached hydrogens (tertiary/aromatic N) is 4. The van der Waals surface area contributed by atoms with Gasteiger partial charge in [0.25, 0.3) is 5.91 Å². The van der Waals surface area contributed by atoms with Crippen LogP contribution in [0.2, 0.25) is 0 Å². The van der Waals surface area contributed by atoms with Crippen molar-refractivity contribution in [3.8, 4) is 5.75 Å². The van der Waals surface area contributed by atoms with Gasteiger partial charge >= 0.3 is 5.97 Å². The van der Waals surface area contributed by atoms with E-state index in [0.29, 0.717) is 17.9 Å². The number of esters is 1. The number of carbonyl (C=O) groups excluding carboxylic acids is 2. The molecule has 0 saturated carbocycles. The van der Waals surface area contributed by atoms with Gasteiger partial charge < -0.3 is 9.64 Å². The Balaban J connectivity index is 1.98. The molecule has 27 heavy (non-hydrogen) atoms. The van der Waals surface area contributed by atoms with Crippen LogP contribution >= 0.6 is 0 Å². The van der Waals surface area contributed by atoms with Crippen molar-refractivity contribution in [3.63, 3.8) is 0 Å². The Kier molecular flexibility index (Phi) is 3.76. The Hall–Kier alpha value is -3.22. The quantitative estimate of drug-likeness (QED) is 0.527. The number of ether oxygens (including phenoxy) is 1. The SMILES string of the molecule is CN(C)C(=O)c1cc2ccc3c(c2cc1Cn1cncn1)C(C)(C)C(=O)O3. The smallest absolute Gasteiger partial charge is 0.321 e. The van der Waals surface area contributed by atoms with Crippen LogP contribution in [-0.4, -0.2) is 45.6 Å². The normalized spacial score (nSPS) is 14.9. The second kappa shape index (κ2) is 5.90. The van der Waals surface area contributed by atoms with E-state index in [1.165, 1.54) is 6.33 Å². The monoisotopic (exact) mass is 364 g/mol. The van der Waals surface area contributed by atoms with Gasteiger partial charge in [-0.25, -0.2) is 9.67 Å². The fraction of sp³-hybridized carbons (Fsp3) is 0.300. The number of amides is 1. The van der Waals surface area contributed by atoms with Crippen LogP contribution < -0.4 is 4.74 Å². The van der Waals surface area contributed by atoms with Gasteiger partial charge in [0, 0.05) is 25.2 Å². The van der Waals surface area contributed by atoms with Crippen molar-refractivity contribution in [2.24, 2.45) is 0 Å². The van der Waals surface area contributed by atoms with E-state index in [2.05, 4.69) is 10.1 Å². The number of benzene rings is 2. The van der Waals surface area contributed by atoms with Crippen molar-refractivity contribution < 1.29 is 14.3 Å². The summed E-state index contributed by atoms with van der Waals surface area (Å²) in [4.78, 5) is 30.6. The van der Waals surface area contributed by atoms with Crippen LogP contribution in [0.4, 0.5) is 0 Å². The van der Waals surface area contributed by atoms with E-state index in [-0.39, 0.29) is 11.9 Å². The molecule has 0 aliphatic carbocycles. The van der Waals surface area contributed by atoms with Crippen molar-refractivity contribution in [1.29, 1.82) is 0 Å². The van der Waals surface area contributed by atoms with Gasteiger partial charge in [-0.1, -0.05) is 6.07 Å². The maximum absolute atomic E-state index is 12.8. The summed E-state index contributed by atoms with van der Waals surface area (Å²) in [6.07, 6.45) is 3.07. The van der Waals surface area contributed by atoms with Crippen molar-refractivity contribution >= 4 is 22.6 Å². The molecule has 0 N–H and O–H groups in total. The number of rotatable bonds is 3. The van der Waals surface area contributed by atoms with Crippen molar-refractivity contribution in [1.82, 2.24) is 19.7 Å². The molecular weight excluding hydrogens is 344 g/mol. The summed E-state index contributed by atoms with van der Waals surface area (Å²) in [6.45, 7) is 4.12. The van der Waals surface area contributed by atoms with Gasteiger partial charge in [0.05, 0.1) is 12.0 Å². The molecule has 0 atom stereocenters. The highest BCUT2D eigenvalue weighted by molar-refractivity contribution is 6.04. The lowest BCUT2D eigenvalue weighted by atomic mass is 9.82. The Morgan fingerprint density at radius 1 is 1.26 bits per heavy atom. The van der Waals surface area contributed by atoms with Gasteiger partial charge in [-0.15, -0.1) is 0 Å². The molecular formula is C20H20N4O3. The van der Waals surface area contributed by atoms with Crippen LogP contribution in [0.5, 0.6) is 5.75 Å². The van der Waals surface area contributed by atoms with Crippen LogP contribution in [0.25, 0.3) is 10.8 Å². The summed E-state index contributed by atoms with van der Waals surface area (Å²) in [5.74, 6) is 0.228. The summed E-state index contributed by atoms with van der Waals surface area (Å²) < 4.78 is 7.12. The van der Waals surface area contributed by atoms with Crippen LogP contribution in [0.15, 0.2) is 36.9 Å². The van der Waals surface area contributed by atoms with Crippen molar-refractivity contribution in [2.75, 3.05) is 14.1 Å². The highest BCUT2D eigenvalue weighted by Crippen LogP contribution is 2.44. The maximum Gasteiger partial charge on any atom is 0.321 e. The summed E-state index contributed by atoms with van der Waals surface area (Å²) in [5.41, 5.74) is 1.53. The lowest BCUT2D eigenvalue weighted by Gasteiger charge is -2.19. The number of fused-ring (bicyclic) bond motifs is 3. The van der Waals surface area contributed by atoms with Gasteiger partial charge in [0.2, 0.25) is 0 Å². The van der Waals surface area contributed by atoms with E-state index in [1.807, 2.05) is 32.0 Å². The molecule has 1 aromatic heterocycles. The number of aromatic nitrogens is 3. The van der Waals surface area contributed by atoms with Gasteiger partial charge in [-0.3, -0.25) is 9.59 Å². The Morgan fingerprint density at radius 3 is 2.70 bits per heavy atom. The zero-order chi connectivity index (χ0) is 19.3. The van der Waals surface area contributed by atoms with Gasteiger partial charge in [-0.05, 0) is 48.4 Å². The molecule has 0 bridgehead atoms. The summed E-state index contributed by atoms with van der Waals surface area (Å²) in [6, 6.07) is 7.53. The fourth-order valence-corrected chi connectivity index (χ4v) is 3.52. The molecule has 7 heteroatoms. The van der Waals surface area contributed by atoms with E-state index >= 15 is 0 Å². The lowest BCUT2D eigenvalue weighted by molar-refractivity contribution is -0.137. The standard InChI is InChI=1S/C20H20N4O3/c1-20(2)17-14-8-13(9-24-11-21-10-22-24)15(18(25)23(3)4)7-12(14)5-6-16(17)27-19(20)26/h5-8,10-11H,9H2,1-4H3. The van der Waals surface area contributed by atoms with Gasteiger partial charge in [0.15, 0.2) is 0 Å². The van der Waals surface area contributed by atoms with E-state index < -0.39 is 5.41 Å². The predicted octanol–water partition coefficient (Wildman–Crippen LogP) is 2.38. The second-order valence-electron chi connectivity index (χ2n) is 7.48. The third-order valence-corrected chi connectivity index (χ3v) is 4.98. The third kappa shape index (κ3) is 2.66. The highest BCUT2D eigenvalue weighted by atomic mass is 16.5. The first-order chi connectivity index (χ1) is 12.8. The summed E-state index contributed by atoms with van der Waals surface area (Å²) in [5, 5.41) is 5.96. The van der Waals surface area contributed by atoms with Crippen LogP contribution in [0.3, 0.4) is 0 Å². The minimum absolute atomic E-state index is 0.0842. The first-order valence-electron chi connectivity index (χ1n) is 8.65. The average Bonchev–Trinajstić information content (AvgIpc) is 3.20. The van der Waals surface area contributed by atoms with Crippen LogP contribution in [0.1, 0.15) is 35.3 Å². The third-order valence-electron chi connectivity index (χ3n) is 4.98. The molecule has 1 amide bonds. The topological polar surface area (TPSA) is 77.3 Å². The fourth-order valence-electron chi connectivity index (χ4n) is 3.52. The molecule has 2 heterocycles. The molecule has 0 saturated heterocycles. The molecule has 1 aliphatic rings. The van der Waals surface area contributed by atoms with E-state index in [4.69, 9.17) is 4.74 Å². The maximum atomic E-state index is 12.8. The van der Waals surface area contributed by atoms with Crippen molar-refractivity contribution in [3.05, 3.63) is 53.6 Å². The molecule has 0 radical (unpaired) electrons. The molecule has 4 rings (SSSR count). The number of carbonyl (C=O) groups is 2. The number of hydrogen-bond acceptors (Lipinski definition) is 5. The predicted molar refractivity (Wildman–Crippen MR) is 99.8 cm³/mol. The molecule has 1 aliphatic heterocycles. The molecule has 7 nitrogen and oxygen atoms in total. The van der Waals surface area contributed by atoms with Crippen molar-refractivity contribution in [2.45, 2.75) is 25.8 Å².